The van der Waals surface area contributed by atoms with Crippen LogP contribution in [0.1, 0.15) is 42.6 Å². The number of nitrogens with zero attached hydrogens (tertiary/aromatic N) is 1. The summed E-state index contributed by atoms with van der Waals surface area (Å²) in [5, 5.41) is 12.4. The molecule has 5 heteroatoms. The van der Waals surface area contributed by atoms with Gasteiger partial charge in [0.1, 0.15) is 0 Å². The Labute approximate surface area is 113 Å². The summed E-state index contributed by atoms with van der Waals surface area (Å²) in [4.78, 5) is 16.0. The van der Waals surface area contributed by atoms with Gasteiger partial charge in [0.25, 0.3) is 5.91 Å². The second-order valence-electron chi connectivity index (χ2n) is 5.34. The number of nitrogens with one attached hydrogen (secondary N) is 1. The largest absolute Gasteiger partial charge is 0.397 e. The first-order valence-corrected chi connectivity index (χ1v) is 6.76. The fourth-order valence-corrected chi connectivity index (χ4v) is 2.65. The summed E-state index contributed by atoms with van der Waals surface area (Å²) in [7, 11) is 0. The maximum atomic E-state index is 12.0. The Hall–Kier alpha value is -1.62. The van der Waals surface area contributed by atoms with Crippen molar-refractivity contribution in [1.29, 1.82) is 0 Å². The lowest BCUT2D eigenvalue weighted by atomic mass is 9.74. The fourth-order valence-electron chi connectivity index (χ4n) is 2.65. The van der Waals surface area contributed by atoms with Crippen molar-refractivity contribution >= 4 is 11.6 Å². The van der Waals surface area contributed by atoms with Crippen molar-refractivity contribution < 1.29 is 9.90 Å². The van der Waals surface area contributed by atoms with E-state index >= 15 is 0 Å². The molecule has 2 rings (SSSR count). The van der Waals surface area contributed by atoms with Gasteiger partial charge in [0.15, 0.2) is 5.69 Å². The summed E-state index contributed by atoms with van der Waals surface area (Å²) in [6, 6.07) is 3.35. The molecule has 1 aliphatic carbocycles. The second kappa shape index (κ2) is 6.02. The Morgan fingerprint density at radius 1 is 1.42 bits per heavy atom. The first-order chi connectivity index (χ1) is 9.17. The highest BCUT2D eigenvalue weighted by Crippen LogP contribution is 2.35. The number of hydrogen-bond donors (Lipinski definition) is 3. The Kier molecular flexibility index (Phi) is 4.37. The van der Waals surface area contributed by atoms with Gasteiger partial charge in [0.05, 0.1) is 12.3 Å². The number of aliphatic hydroxyl groups excluding tert-OH is 1. The molecule has 1 aromatic heterocycles. The fraction of sp³-hybridized carbons (Fsp3) is 0.571. The molecular formula is C14H21N3O2. The van der Waals surface area contributed by atoms with Crippen molar-refractivity contribution in [3.63, 3.8) is 0 Å². The highest BCUT2D eigenvalue weighted by Gasteiger charge is 2.32. The van der Waals surface area contributed by atoms with E-state index in [2.05, 4.69) is 10.3 Å². The number of anilines is 1. The molecule has 19 heavy (non-hydrogen) atoms. The average Bonchev–Trinajstić information content (AvgIpc) is 2.46. The van der Waals surface area contributed by atoms with Gasteiger partial charge >= 0.3 is 0 Å². The molecule has 1 saturated carbocycles. The monoisotopic (exact) mass is 263 g/mol. The first-order valence-electron chi connectivity index (χ1n) is 6.76. The number of aromatic nitrogens is 1. The van der Waals surface area contributed by atoms with Crippen molar-refractivity contribution in [2.45, 2.75) is 32.1 Å². The number of nitrogens with two attached hydrogens (primary N) is 1. The summed E-state index contributed by atoms with van der Waals surface area (Å²) in [5.41, 5.74) is 6.19. The molecule has 0 unspecified atom stereocenters. The molecule has 4 N–H and O–H groups in total. The highest BCUT2D eigenvalue weighted by atomic mass is 16.3. The van der Waals surface area contributed by atoms with E-state index in [9.17, 15) is 9.90 Å². The number of pyridine rings is 1. The van der Waals surface area contributed by atoms with Gasteiger partial charge < -0.3 is 16.2 Å². The van der Waals surface area contributed by atoms with Gasteiger partial charge in [-0.25, -0.2) is 4.98 Å². The number of amides is 1. The third-order valence-electron chi connectivity index (χ3n) is 3.93. The summed E-state index contributed by atoms with van der Waals surface area (Å²) in [6.07, 6.45) is 6.91. The van der Waals surface area contributed by atoms with E-state index < -0.39 is 0 Å². The van der Waals surface area contributed by atoms with Crippen molar-refractivity contribution in [3.05, 3.63) is 24.0 Å². The molecule has 0 bridgehead atoms. The molecule has 1 heterocycles. The van der Waals surface area contributed by atoms with Crippen molar-refractivity contribution in [2.75, 3.05) is 18.9 Å². The minimum atomic E-state index is -0.267. The van der Waals surface area contributed by atoms with Gasteiger partial charge in [-0.2, -0.15) is 0 Å². The third kappa shape index (κ3) is 3.23. The van der Waals surface area contributed by atoms with Crippen LogP contribution in [0, 0.1) is 5.41 Å². The number of aliphatic hydroxyl groups is 1. The molecule has 1 aromatic rings. The van der Waals surface area contributed by atoms with E-state index in [0.717, 1.165) is 25.7 Å². The maximum Gasteiger partial charge on any atom is 0.272 e. The second-order valence-corrected chi connectivity index (χ2v) is 5.34. The zero-order valence-electron chi connectivity index (χ0n) is 11.1. The Morgan fingerprint density at radius 3 is 2.79 bits per heavy atom. The van der Waals surface area contributed by atoms with Crippen LogP contribution in [0.3, 0.4) is 0 Å². The van der Waals surface area contributed by atoms with Crippen LogP contribution in [-0.2, 0) is 0 Å². The maximum absolute atomic E-state index is 12.0. The number of carbonyl (C=O) groups excluding carboxylic acids is 1. The summed E-state index contributed by atoms with van der Waals surface area (Å²) < 4.78 is 0. The Bertz CT molecular complexity index is 442. The molecule has 0 spiro atoms. The zero-order valence-corrected chi connectivity index (χ0v) is 11.1. The Morgan fingerprint density at radius 2 is 2.16 bits per heavy atom. The number of hydrogen-bond acceptors (Lipinski definition) is 4. The van der Waals surface area contributed by atoms with Gasteiger partial charge in [-0.15, -0.1) is 0 Å². The van der Waals surface area contributed by atoms with E-state index in [0.29, 0.717) is 12.2 Å². The molecule has 0 aromatic carbocycles. The van der Waals surface area contributed by atoms with Gasteiger partial charge in [0.2, 0.25) is 0 Å². The quantitative estimate of drug-likeness (QED) is 0.764. The Balaban J connectivity index is 1.98. The normalized spacial score (nSPS) is 17.9. The molecule has 0 atom stereocenters. The van der Waals surface area contributed by atoms with Crippen molar-refractivity contribution in [1.82, 2.24) is 10.3 Å². The minimum absolute atomic E-state index is 0.116. The van der Waals surface area contributed by atoms with Gasteiger partial charge in [0, 0.05) is 18.2 Å². The van der Waals surface area contributed by atoms with E-state index in [4.69, 9.17) is 5.73 Å². The predicted octanol–water partition coefficient (Wildman–Crippen LogP) is 1.34. The SMILES string of the molecule is Nc1cccnc1C(=O)NCC1(CO)CCCCC1. The molecule has 5 nitrogen and oxygen atoms in total. The topological polar surface area (TPSA) is 88.2 Å². The predicted molar refractivity (Wildman–Crippen MR) is 73.6 cm³/mol. The summed E-state index contributed by atoms with van der Waals surface area (Å²) >= 11 is 0. The van der Waals surface area contributed by atoms with Crippen molar-refractivity contribution in [2.24, 2.45) is 5.41 Å². The highest BCUT2D eigenvalue weighted by molar-refractivity contribution is 5.96. The van der Waals surface area contributed by atoms with Crippen molar-refractivity contribution in [3.8, 4) is 0 Å². The smallest absolute Gasteiger partial charge is 0.272 e. The molecular weight excluding hydrogens is 242 g/mol. The van der Waals surface area contributed by atoms with Crippen LogP contribution in [0.25, 0.3) is 0 Å². The molecule has 1 amide bonds. The van der Waals surface area contributed by atoms with Crippen LogP contribution in [0.2, 0.25) is 0 Å². The van der Waals surface area contributed by atoms with E-state index in [1.807, 2.05) is 0 Å². The lowest BCUT2D eigenvalue weighted by molar-refractivity contribution is 0.0716. The van der Waals surface area contributed by atoms with Gasteiger partial charge in [-0.05, 0) is 25.0 Å². The molecule has 0 radical (unpaired) electrons. The zero-order chi connectivity index (χ0) is 13.7. The van der Waals surface area contributed by atoms with Gasteiger partial charge in [-0.1, -0.05) is 19.3 Å². The minimum Gasteiger partial charge on any atom is -0.397 e. The molecule has 0 saturated heterocycles. The number of rotatable bonds is 4. The lowest BCUT2D eigenvalue weighted by Crippen LogP contribution is -2.41. The molecule has 104 valence electrons. The standard InChI is InChI=1S/C14H21N3O2/c15-11-5-4-8-16-12(11)13(19)17-9-14(10-18)6-2-1-3-7-14/h4-5,8,18H,1-3,6-7,9-10,15H2,(H,17,19). The first kappa shape index (κ1) is 13.8. The lowest BCUT2D eigenvalue weighted by Gasteiger charge is -2.35. The van der Waals surface area contributed by atoms with Crippen LogP contribution in [0.5, 0.6) is 0 Å². The van der Waals surface area contributed by atoms with E-state index in [1.54, 1.807) is 18.3 Å². The van der Waals surface area contributed by atoms with E-state index in [1.165, 1.54) is 6.42 Å². The number of nitrogen functional groups attached to an aromatic ring is 1. The van der Waals surface area contributed by atoms with Gasteiger partial charge in [-0.3, -0.25) is 4.79 Å². The van der Waals surface area contributed by atoms with Crippen LogP contribution in [0.4, 0.5) is 5.69 Å². The molecule has 1 aliphatic rings. The molecule has 1 fully saturated rings. The van der Waals surface area contributed by atoms with Crippen LogP contribution < -0.4 is 11.1 Å². The molecule has 0 aliphatic heterocycles. The average molecular weight is 263 g/mol. The van der Waals surface area contributed by atoms with E-state index in [-0.39, 0.29) is 23.6 Å². The third-order valence-corrected chi connectivity index (χ3v) is 3.93. The van der Waals surface area contributed by atoms with Crippen LogP contribution in [-0.4, -0.2) is 29.1 Å². The number of carbonyl (C=O) groups is 1. The summed E-state index contributed by atoms with van der Waals surface area (Å²) in [6.45, 7) is 0.601. The summed E-state index contributed by atoms with van der Waals surface area (Å²) in [5.74, 6) is -0.267. The van der Waals surface area contributed by atoms with Crippen LogP contribution >= 0.6 is 0 Å². The van der Waals surface area contributed by atoms with Crippen LogP contribution in [0.15, 0.2) is 18.3 Å².